The van der Waals surface area contributed by atoms with Crippen LogP contribution in [0.15, 0.2) is 36.4 Å². The first kappa shape index (κ1) is 19.3. The van der Waals surface area contributed by atoms with Crippen LogP contribution in [0.3, 0.4) is 0 Å². The third-order valence-electron chi connectivity index (χ3n) is 3.70. The minimum atomic E-state index is -0.936. The lowest BCUT2D eigenvalue weighted by Gasteiger charge is -2.15. The van der Waals surface area contributed by atoms with Crippen molar-refractivity contribution in [3.8, 4) is 0 Å². The molecule has 4 nitrogen and oxygen atoms in total. The molecule has 0 saturated carbocycles. The topological polar surface area (TPSA) is 55.4 Å². The molecule has 1 unspecified atom stereocenters. The van der Waals surface area contributed by atoms with Gasteiger partial charge in [-0.05, 0) is 44.5 Å². The van der Waals surface area contributed by atoms with E-state index in [1.807, 2.05) is 32.0 Å². The summed E-state index contributed by atoms with van der Waals surface area (Å²) in [6.07, 6.45) is -1.03. The largest absolute Gasteiger partial charge is 0.452 e. The van der Waals surface area contributed by atoms with Gasteiger partial charge in [0.05, 0.1) is 6.42 Å². The molecule has 0 aliphatic rings. The number of anilines is 1. The lowest BCUT2D eigenvalue weighted by atomic mass is 10.1. The Hall–Kier alpha value is -2.04. The van der Waals surface area contributed by atoms with Gasteiger partial charge in [-0.15, -0.1) is 0 Å². The maximum atomic E-state index is 12.2. The van der Waals surface area contributed by atoms with Crippen molar-refractivity contribution in [3.05, 3.63) is 63.1 Å². The van der Waals surface area contributed by atoms with E-state index in [4.69, 9.17) is 27.9 Å². The van der Waals surface area contributed by atoms with Crippen LogP contribution in [0, 0.1) is 13.8 Å². The molecule has 2 rings (SSSR count). The number of ether oxygens (including phenoxy) is 1. The number of carbonyl (C=O) groups excluding carboxylic acids is 2. The maximum absolute atomic E-state index is 12.2. The van der Waals surface area contributed by atoms with Crippen molar-refractivity contribution in [2.24, 2.45) is 0 Å². The lowest BCUT2D eigenvalue weighted by Crippen LogP contribution is -2.30. The van der Waals surface area contributed by atoms with E-state index >= 15 is 0 Å². The zero-order valence-corrected chi connectivity index (χ0v) is 15.7. The molecule has 6 heteroatoms. The fourth-order valence-electron chi connectivity index (χ4n) is 2.33. The number of nitrogens with one attached hydrogen (secondary N) is 1. The van der Waals surface area contributed by atoms with Crippen LogP contribution in [0.25, 0.3) is 0 Å². The highest BCUT2D eigenvalue weighted by molar-refractivity contribution is 6.36. The summed E-state index contributed by atoms with van der Waals surface area (Å²) < 4.78 is 5.19. The van der Waals surface area contributed by atoms with Gasteiger partial charge >= 0.3 is 5.97 Å². The second-order valence-electron chi connectivity index (χ2n) is 5.82. The van der Waals surface area contributed by atoms with Crippen LogP contribution in [-0.2, 0) is 20.7 Å². The number of rotatable bonds is 5. The first-order chi connectivity index (χ1) is 11.8. The first-order valence-electron chi connectivity index (χ1n) is 7.78. The van der Waals surface area contributed by atoms with Crippen molar-refractivity contribution < 1.29 is 14.3 Å². The third-order valence-corrected chi connectivity index (χ3v) is 4.41. The standard InChI is InChI=1S/C19H19Cl2NO3/c1-11-7-8-17(12(2)9-11)22-19(24)13(3)25-18(23)10-14-15(20)5-4-6-16(14)21/h4-9,13H,10H2,1-3H3,(H,22,24). The van der Waals surface area contributed by atoms with E-state index in [9.17, 15) is 9.59 Å². The van der Waals surface area contributed by atoms with Crippen molar-refractivity contribution in [1.82, 2.24) is 0 Å². The SMILES string of the molecule is Cc1ccc(NC(=O)C(C)OC(=O)Cc2c(Cl)cccc2Cl)c(C)c1. The second-order valence-corrected chi connectivity index (χ2v) is 6.63. The number of benzene rings is 2. The molecule has 0 spiro atoms. The van der Waals surface area contributed by atoms with Crippen molar-refractivity contribution >= 4 is 40.8 Å². The van der Waals surface area contributed by atoms with Gasteiger partial charge in [-0.25, -0.2) is 0 Å². The van der Waals surface area contributed by atoms with Gasteiger partial charge in [0, 0.05) is 21.3 Å². The number of amides is 1. The number of carbonyl (C=O) groups is 2. The second kappa shape index (κ2) is 8.37. The fraction of sp³-hybridized carbons (Fsp3) is 0.263. The minimum Gasteiger partial charge on any atom is -0.452 e. The number of hydrogen-bond donors (Lipinski definition) is 1. The smallest absolute Gasteiger partial charge is 0.311 e. The summed E-state index contributed by atoms with van der Waals surface area (Å²) in [5, 5.41) is 3.53. The highest BCUT2D eigenvalue weighted by Crippen LogP contribution is 2.25. The molecule has 1 atom stereocenters. The molecule has 1 N–H and O–H groups in total. The number of esters is 1. The van der Waals surface area contributed by atoms with Crippen LogP contribution in [0.5, 0.6) is 0 Å². The number of hydrogen-bond acceptors (Lipinski definition) is 3. The maximum Gasteiger partial charge on any atom is 0.311 e. The lowest BCUT2D eigenvalue weighted by molar-refractivity contribution is -0.152. The van der Waals surface area contributed by atoms with Gasteiger partial charge in [-0.1, -0.05) is 47.0 Å². The Morgan fingerprint density at radius 1 is 1.12 bits per heavy atom. The molecule has 1 amide bonds. The predicted molar refractivity (Wildman–Crippen MR) is 100 cm³/mol. The molecule has 0 bridgehead atoms. The van der Waals surface area contributed by atoms with Crippen LogP contribution >= 0.6 is 23.2 Å². The predicted octanol–water partition coefficient (Wildman–Crippen LogP) is 4.72. The van der Waals surface area contributed by atoms with Crippen LogP contribution < -0.4 is 5.32 Å². The highest BCUT2D eigenvalue weighted by Gasteiger charge is 2.20. The Balaban J connectivity index is 1.97. The molecule has 0 radical (unpaired) electrons. The summed E-state index contributed by atoms with van der Waals surface area (Å²) in [5.41, 5.74) is 3.21. The summed E-state index contributed by atoms with van der Waals surface area (Å²) in [7, 11) is 0. The summed E-state index contributed by atoms with van der Waals surface area (Å²) in [4.78, 5) is 24.3. The fourth-order valence-corrected chi connectivity index (χ4v) is 2.86. The van der Waals surface area contributed by atoms with Gasteiger partial charge in [0.1, 0.15) is 0 Å². The van der Waals surface area contributed by atoms with Crippen LogP contribution in [-0.4, -0.2) is 18.0 Å². The number of aryl methyl sites for hydroxylation is 2. The van der Waals surface area contributed by atoms with Crippen molar-refractivity contribution in [1.29, 1.82) is 0 Å². The first-order valence-corrected chi connectivity index (χ1v) is 8.54. The Labute approximate surface area is 157 Å². The minimum absolute atomic E-state index is 0.0975. The zero-order chi connectivity index (χ0) is 18.6. The van der Waals surface area contributed by atoms with E-state index in [0.29, 0.717) is 21.3 Å². The van der Waals surface area contributed by atoms with Gasteiger partial charge in [-0.3, -0.25) is 9.59 Å². The molecular weight excluding hydrogens is 361 g/mol. The summed E-state index contributed by atoms with van der Waals surface area (Å²) >= 11 is 12.1. The van der Waals surface area contributed by atoms with Crippen molar-refractivity contribution in [2.45, 2.75) is 33.3 Å². The molecule has 0 fully saturated rings. The monoisotopic (exact) mass is 379 g/mol. The zero-order valence-electron chi connectivity index (χ0n) is 14.2. The van der Waals surface area contributed by atoms with Crippen molar-refractivity contribution in [2.75, 3.05) is 5.32 Å². The molecule has 25 heavy (non-hydrogen) atoms. The molecule has 2 aromatic carbocycles. The molecule has 132 valence electrons. The van der Waals surface area contributed by atoms with Crippen LogP contribution in [0.2, 0.25) is 10.0 Å². The summed E-state index contributed by atoms with van der Waals surface area (Å²) in [5.74, 6) is -0.969. The summed E-state index contributed by atoms with van der Waals surface area (Å²) in [6, 6.07) is 10.7. The molecular formula is C19H19Cl2NO3. The van der Waals surface area contributed by atoms with Gasteiger partial charge in [-0.2, -0.15) is 0 Å². The van der Waals surface area contributed by atoms with E-state index in [1.165, 1.54) is 6.92 Å². The molecule has 2 aromatic rings. The normalized spacial score (nSPS) is 11.7. The van der Waals surface area contributed by atoms with Gasteiger partial charge < -0.3 is 10.1 Å². The van der Waals surface area contributed by atoms with E-state index in [0.717, 1.165) is 11.1 Å². The van der Waals surface area contributed by atoms with E-state index in [2.05, 4.69) is 5.32 Å². The molecule has 0 aliphatic heterocycles. The van der Waals surface area contributed by atoms with Gasteiger partial charge in [0.2, 0.25) is 0 Å². The average Bonchev–Trinajstić information content (AvgIpc) is 2.53. The van der Waals surface area contributed by atoms with Crippen LogP contribution in [0.4, 0.5) is 5.69 Å². The van der Waals surface area contributed by atoms with Gasteiger partial charge in [0.25, 0.3) is 5.91 Å². The Kier molecular flexibility index (Phi) is 6.45. The van der Waals surface area contributed by atoms with Crippen LogP contribution in [0.1, 0.15) is 23.6 Å². The molecule has 0 saturated heterocycles. The van der Waals surface area contributed by atoms with E-state index < -0.39 is 18.0 Å². The molecule has 0 aliphatic carbocycles. The highest BCUT2D eigenvalue weighted by atomic mass is 35.5. The third kappa shape index (κ3) is 5.21. The summed E-state index contributed by atoms with van der Waals surface area (Å²) in [6.45, 7) is 5.40. The van der Waals surface area contributed by atoms with E-state index in [-0.39, 0.29) is 6.42 Å². The Bertz CT molecular complexity index is 785. The Morgan fingerprint density at radius 2 is 1.76 bits per heavy atom. The Morgan fingerprint density at radius 3 is 2.36 bits per heavy atom. The quantitative estimate of drug-likeness (QED) is 0.764. The molecule has 0 aromatic heterocycles. The number of halogens is 2. The van der Waals surface area contributed by atoms with Gasteiger partial charge in [0.15, 0.2) is 6.10 Å². The van der Waals surface area contributed by atoms with E-state index in [1.54, 1.807) is 18.2 Å². The van der Waals surface area contributed by atoms with Crippen molar-refractivity contribution in [3.63, 3.8) is 0 Å². The molecule has 0 heterocycles. The average molecular weight is 380 g/mol.